The molecule has 1 aliphatic heterocycles. The fraction of sp³-hybridized carbons (Fsp3) is 0.375. The quantitative estimate of drug-likeness (QED) is 0.378. The third kappa shape index (κ3) is 7.35. The van der Waals surface area contributed by atoms with Crippen LogP contribution in [0.4, 0.5) is 4.79 Å². The van der Waals surface area contributed by atoms with Gasteiger partial charge >= 0.3 is 12.1 Å². The molecule has 1 saturated heterocycles. The van der Waals surface area contributed by atoms with E-state index in [1.807, 2.05) is 30.3 Å². The SMILES string of the molecule is CCOC(=O)N1CCN(C(=O)[C@H](Cc2ccc(C(=O)OC)cc2)NC(=O)c2cc(C3CC3)nc(-c3ccccc3)n2)CC1. The fourth-order valence-corrected chi connectivity index (χ4v) is 4.99. The summed E-state index contributed by atoms with van der Waals surface area (Å²) >= 11 is 0. The van der Waals surface area contributed by atoms with Gasteiger partial charge in [-0.25, -0.2) is 19.6 Å². The summed E-state index contributed by atoms with van der Waals surface area (Å²) in [5.74, 6) is -0.453. The fourth-order valence-electron chi connectivity index (χ4n) is 4.99. The molecule has 2 heterocycles. The van der Waals surface area contributed by atoms with Crippen LogP contribution in [-0.2, 0) is 20.7 Å². The number of carbonyl (C=O) groups excluding carboxylic acids is 4. The van der Waals surface area contributed by atoms with E-state index in [0.717, 1.165) is 29.7 Å². The Morgan fingerprint density at radius 3 is 2.23 bits per heavy atom. The standard InChI is InChI=1S/C32H35N5O6/c1-3-43-32(41)37-17-15-36(16-18-37)30(39)27(19-21-9-11-24(12-10-21)31(40)42-2)35-29(38)26-20-25(22-13-14-22)33-28(34-26)23-7-5-4-6-8-23/h4-12,20,22,27H,3,13-19H2,1-2H3,(H,35,38)/t27-/m0/s1. The third-order valence-corrected chi connectivity index (χ3v) is 7.54. The lowest BCUT2D eigenvalue weighted by molar-refractivity contribution is -0.134. The number of hydrogen-bond donors (Lipinski definition) is 1. The molecule has 1 aromatic heterocycles. The summed E-state index contributed by atoms with van der Waals surface area (Å²) in [7, 11) is 1.31. The number of amides is 3. The van der Waals surface area contributed by atoms with E-state index in [1.165, 1.54) is 7.11 Å². The molecular formula is C32H35N5O6. The second kappa shape index (κ2) is 13.5. The predicted octanol–water partition coefficient (Wildman–Crippen LogP) is 3.45. The molecule has 1 N–H and O–H groups in total. The van der Waals surface area contributed by atoms with Crippen molar-refractivity contribution in [1.29, 1.82) is 0 Å². The molecule has 11 nitrogen and oxygen atoms in total. The van der Waals surface area contributed by atoms with Crippen molar-refractivity contribution in [2.45, 2.75) is 38.1 Å². The molecule has 11 heteroatoms. The highest BCUT2D eigenvalue weighted by atomic mass is 16.6. The van der Waals surface area contributed by atoms with Crippen LogP contribution in [0.1, 0.15) is 57.8 Å². The van der Waals surface area contributed by atoms with Gasteiger partial charge in [0.2, 0.25) is 5.91 Å². The molecule has 3 aromatic rings. The minimum atomic E-state index is -0.912. The number of carbonyl (C=O) groups is 4. The Hall–Kier alpha value is -4.80. The van der Waals surface area contributed by atoms with Crippen LogP contribution in [-0.4, -0.2) is 89.6 Å². The van der Waals surface area contributed by atoms with Crippen LogP contribution in [0.25, 0.3) is 11.4 Å². The zero-order valence-corrected chi connectivity index (χ0v) is 24.3. The minimum absolute atomic E-state index is 0.191. The van der Waals surface area contributed by atoms with Gasteiger partial charge in [-0.1, -0.05) is 42.5 Å². The molecule has 0 radical (unpaired) electrons. The van der Waals surface area contributed by atoms with Crippen molar-refractivity contribution in [1.82, 2.24) is 25.1 Å². The van der Waals surface area contributed by atoms with E-state index in [2.05, 4.69) is 10.3 Å². The molecule has 0 unspecified atom stereocenters. The molecule has 3 amide bonds. The number of piperazine rings is 1. The first-order valence-electron chi connectivity index (χ1n) is 14.5. The van der Waals surface area contributed by atoms with Crippen molar-refractivity contribution in [2.24, 2.45) is 0 Å². The maximum Gasteiger partial charge on any atom is 0.409 e. The number of benzene rings is 2. The van der Waals surface area contributed by atoms with E-state index in [9.17, 15) is 19.2 Å². The Balaban J connectivity index is 1.38. The Labute approximate surface area is 250 Å². The van der Waals surface area contributed by atoms with E-state index >= 15 is 0 Å². The van der Waals surface area contributed by atoms with Gasteiger partial charge in [0.05, 0.1) is 19.3 Å². The normalized spacial score (nSPS) is 15.4. The van der Waals surface area contributed by atoms with Crippen LogP contribution < -0.4 is 5.32 Å². The van der Waals surface area contributed by atoms with E-state index in [4.69, 9.17) is 14.5 Å². The zero-order chi connectivity index (χ0) is 30.3. The summed E-state index contributed by atoms with van der Waals surface area (Å²) < 4.78 is 9.88. The summed E-state index contributed by atoms with van der Waals surface area (Å²) in [4.78, 5) is 64.1. The van der Waals surface area contributed by atoms with Crippen LogP contribution in [0, 0.1) is 0 Å². The first-order chi connectivity index (χ1) is 20.9. The highest BCUT2D eigenvalue weighted by molar-refractivity contribution is 5.96. The molecule has 2 aliphatic rings. The van der Waals surface area contributed by atoms with Crippen LogP contribution >= 0.6 is 0 Å². The number of hydrogen-bond acceptors (Lipinski definition) is 8. The Morgan fingerprint density at radius 1 is 0.930 bits per heavy atom. The van der Waals surface area contributed by atoms with Crippen LogP contribution in [0.5, 0.6) is 0 Å². The lowest BCUT2D eigenvalue weighted by atomic mass is 10.0. The molecule has 1 saturated carbocycles. The van der Waals surface area contributed by atoms with E-state index in [1.54, 1.807) is 47.1 Å². The molecule has 2 aromatic carbocycles. The van der Waals surface area contributed by atoms with E-state index in [-0.39, 0.29) is 24.6 Å². The van der Waals surface area contributed by atoms with Crippen molar-refractivity contribution in [3.05, 3.63) is 83.2 Å². The number of esters is 1. The summed E-state index contributed by atoms with van der Waals surface area (Å²) in [5, 5.41) is 2.93. The summed E-state index contributed by atoms with van der Waals surface area (Å²) in [6, 6.07) is 17.0. The van der Waals surface area contributed by atoms with Gasteiger partial charge in [-0.15, -0.1) is 0 Å². The van der Waals surface area contributed by atoms with Gasteiger partial charge in [0.25, 0.3) is 5.91 Å². The molecule has 2 fully saturated rings. The highest BCUT2D eigenvalue weighted by Gasteiger charge is 2.32. The van der Waals surface area contributed by atoms with Gasteiger partial charge < -0.3 is 24.6 Å². The number of rotatable bonds is 9. The van der Waals surface area contributed by atoms with Gasteiger partial charge in [0, 0.05) is 49.8 Å². The molecule has 224 valence electrons. The van der Waals surface area contributed by atoms with Crippen molar-refractivity contribution in [3.63, 3.8) is 0 Å². The Kier molecular flexibility index (Phi) is 9.29. The lowest BCUT2D eigenvalue weighted by Gasteiger charge is -2.36. The van der Waals surface area contributed by atoms with Gasteiger partial charge in [0.15, 0.2) is 5.82 Å². The topological polar surface area (TPSA) is 131 Å². The molecule has 1 aliphatic carbocycles. The first kappa shape index (κ1) is 29.7. The molecule has 1 atom stereocenters. The van der Waals surface area contributed by atoms with Gasteiger partial charge in [0.1, 0.15) is 11.7 Å². The Bertz CT molecular complexity index is 1470. The van der Waals surface area contributed by atoms with Gasteiger partial charge in [-0.3, -0.25) is 9.59 Å². The van der Waals surface area contributed by atoms with Crippen LogP contribution in [0.3, 0.4) is 0 Å². The monoisotopic (exact) mass is 585 g/mol. The Morgan fingerprint density at radius 2 is 1.60 bits per heavy atom. The zero-order valence-electron chi connectivity index (χ0n) is 24.3. The second-order valence-electron chi connectivity index (χ2n) is 10.6. The first-order valence-corrected chi connectivity index (χ1v) is 14.5. The molecule has 5 rings (SSSR count). The number of ether oxygens (including phenoxy) is 2. The summed E-state index contributed by atoms with van der Waals surface area (Å²) in [5.41, 5.74) is 2.95. The third-order valence-electron chi connectivity index (χ3n) is 7.54. The van der Waals surface area contributed by atoms with Gasteiger partial charge in [-0.2, -0.15) is 0 Å². The van der Waals surface area contributed by atoms with Gasteiger partial charge in [-0.05, 0) is 43.5 Å². The van der Waals surface area contributed by atoms with Crippen molar-refractivity contribution in [2.75, 3.05) is 39.9 Å². The van der Waals surface area contributed by atoms with Crippen molar-refractivity contribution in [3.8, 4) is 11.4 Å². The van der Waals surface area contributed by atoms with Crippen molar-refractivity contribution < 1.29 is 28.7 Å². The molecule has 0 bridgehead atoms. The highest BCUT2D eigenvalue weighted by Crippen LogP contribution is 2.39. The average molecular weight is 586 g/mol. The summed E-state index contributed by atoms with van der Waals surface area (Å²) in [6.07, 6.45) is 1.80. The molecular weight excluding hydrogens is 550 g/mol. The van der Waals surface area contributed by atoms with E-state index < -0.39 is 24.0 Å². The number of aromatic nitrogens is 2. The maximum atomic E-state index is 13.8. The minimum Gasteiger partial charge on any atom is -0.465 e. The largest absolute Gasteiger partial charge is 0.465 e. The average Bonchev–Trinajstić information content (AvgIpc) is 3.90. The van der Waals surface area contributed by atoms with Crippen molar-refractivity contribution >= 4 is 23.9 Å². The van der Waals surface area contributed by atoms with E-state index in [0.29, 0.717) is 43.5 Å². The smallest absolute Gasteiger partial charge is 0.409 e. The predicted molar refractivity (Wildman–Crippen MR) is 157 cm³/mol. The molecule has 0 spiro atoms. The second-order valence-corrected chi connectivity index (χ2v) is 10.6. The number of methoxy groups -OCH3 is 1. The van der Waals surface area contributed by atoms with Crippen LogP contribution in [0.2, 0.25) is 0 Å². The van der Waals surface area contributed by atoms with Crippen LogP contribution in [0.15, 0.2) is 60.7 Å². The summed E-state index contributed by atoms with van der Waals surface area (Å²) in [6.45, 7) is 3.30. The molecule has 43 heavy (non-hydrogen) atoms. The number of nitrogens with zero attached hydrogens (tertiary/aromatic N) is 4. The lowest BCUT2D eigenvalue weighted by Crippen LogP contribution is -2.56. The number of nitrogens with one attached hydrogen (secondary N) is 1. The maximum absolute atomic E-state index is 13.8.